The minimum Gasteiger partial charge on any atom is -0.327 e. The molecule has 1 aromatic carbocycles. The Morgan fingerprint density at radius 3 is 2.58 bits per heavy atom. The quantitative estimate of drug-likeness (QED) is 0.859. The minimum atomic E-state index is 0.560. The number of imidazole rings is 1. The van der Waals surface area contributed by atoms with Crippen LogP contribution in [0.1, 0.15) is 39.9 Å². The SMILES string of the molecule is CCC(NCc1nc2ccccc2n1CC)C(C)C. The van der Waals surface area contributed by atoms with Crippen molar-refractivity contribution in [2.24, 2.45) is 5.92 Å². The molecule has 0 radical (unpaired) electrons. The summed E-state index contributed by atoms with van der Waals surface area (Å²) in [6.45, 7) is 10.8. The normalized spacial score (nSPS) is 13.3. The van der Waals surface area contributed by atoms with Gasteiger partial charge >= 0.3 is 0 Å². The lowest BCUT2D eigenvalue weighted by Gasteiger charge is -2.20. The van der Waals surface area contributed by atoms with Crippen molar-refractivity contribution in [3.05, 3.63) is 30.1 Å². The van der Waals surface area contributed by atoms with Gasteiger partial charge in [-0.2, -0.15) is 0 Å². The second-order valence-corrected chi connectivity index (χ2v) is 5.40. The second-order valence-electron chi connectivity index (χ2n) is 5.40. The zero-order valence-corrected chi connectivity index (χ0v) is 12.5. The van der Waals surface area contributed by atoms with E-state index in [0.29, 0.717) is 12.0 Å². The maximum atomic E-state index is 4.75. The summed E-state index contributed by atoms with van der Waals surface area (Å²) in [4.78, 5) is 4.75. The van der Waals surface area contributed by atoms with Crippen LogP contribution < -0.4 is 5.32 Å². The van der Waals surface area contributed by atoms with E-state index in [0.717, 1.165) is 30.9 Å². The van der Waals surface area contributed by atoms with Crippen LogP contribution in [-0.2, 0) is 13.1 Å². The van der Waals surface area contributed by atoms with Crippen LogP contribution in [0.15, 0.2) is 24.3 Å². The monoisotopic (exact) mass is 259 g/mol. The molecule has 1 N–H and O–H groups in total. The van der Waals surface area contributed by atoms with Crippen molar-refractivity contribution in [2.45, 2.75) is 53.2 Å². The van der Waals surface area contributed by atoms with Gasteiger partial charge in [-0.3, -0.25) is 0 Å². The lowest BCUT2D eigenvalue weighted by molar-refractivity contribution is 0.381. The first kappa shape index (κ1) is 14.1. The number of hydrogen-bond acceptors (Lipinski definition) is 2. The van der Waals surface area contributed by atoms with Crippen LogP contribution in [-0.4, -0.2) is 15.6 Å². The second kappa shape index (κ2) is 6.20. The summed E-state index contributed by atoms with van der Waals surface area (Å²) in [7, 11) is 0. The van der Waals surface area contributed by atoms with Gasteiger partial charge in [-0.1, -0.05) is 32.9 Å². The highest BCUT2D eigenvalue weighted by Crippen LogP contribution is 2.16. The van der Waals surface area contributed by atoms with Crippen molar-refractivity contribution >= 4 is 11.0 Å². The summed E-state index contributed by atoms with van der Waals surface area (Å²) in [6.07, 6.45) is 1.16. The van der Waals surface area contributed by atoms with Gasteiger partial charge in [0.05, 0.1) is 17.6 Å². The molecule has 1 unspecified atom stereocenters. The molecule has 0 saturated carbocycles. The Balaban J connectivity index is 2.20. The Morgan fingerprint density at radius 1 is 1.21 bits per heavy atom. The predicted molar refractivity (Wildman–Crippen MR) is 81.2 cm³/mol. The maximum Gasteiger partial charge on any atom is 0.123 e. The zero-order valence-electron chi connectivity index (χ0n) is 12.5. The molecule has 0 aliphatic carbocycles. The van der Waals surface area contributed by atoms with Crippen molar-refractivity contribution in [1.29, 1.82) is 0 Å². The van der Waals surface area contributed by atoms with Gasteiger partial charge < -0.3 is 9.88 Å². The highest BCUT2D eigenvalue weighted by atomic mass is 15.1. The smallest absolute Gasteiger partial charge is 0.123 e. The number of aryl methyl sites for hydroxylation is 1. The summed E-state index contributed by atoms with van der Waals surface area (Å²) >= 11 is 0. The molecule has 3 heteroatoms. The Bertz CT molecular complexity index is 528. The van der Waals surface area contributed by atoms with Gasteiger partial charge in [-0.15, -0.1) is 0 Å². The van der Waals surface area contributed by atoms with Crippen molar-refractivity contribution < 1.29 is 0 Å². The summed E-state index contributed by atoms with van der Waals surface area (Å²) in [6, 6.07) is 8.93. The molecule has 0 saturated heterocycles. The van der Waals surface area contributed by atoms with Gasteiger partial charge in [0.15, 0.2) is 0 Å². The van der Waals surface area contributed by atoms with Crippen LogP contribution in [0, 0.1) is 5.92 Å². The fourth-order valence-electron chi connectivity index (χ4n) is 2.69. The molecule has 3 nitrogen and oxygen atoms in total. The number of hydrogen-bond donors (Lipinski definition) is 1. The molecule has 1 aromatic heterocycles. The molecular weight excluding hydrogens is 234 g/mol. The van der Waals surface area contributed by atoms with E-state index in [9.17, 15) is 0 Å². The van der Waals surface area contributed by atoms with Crippen LogP contribution in [0.25, 0.3) is 11.0 Å². The van der Waals surface area contributed by atoms with Crippen LogP contribution in [0.3, 0.4) is 0 Å². The standard InChI is InChI=1S/C16H25N3/c1-5-13(12(3)4)17-11-16-18-14-9-7-8-10-15(14)19(16)6-2/h7-10,12-13,17H,5-6,11H2,1-4H3. The third kappa shape index (κ3) is 2.98. The highest BCUT2D eigenvalue weighted by Gasteiger charge is 2.13. The number of para-hydroxylation sites is 2. The maximum absolute atomic E-state index is 4.75. The molecular formula is C16H25N3. The van der Waals surface area contributed by atoms with Gasteiger partial charge in [0.25, 0.3) is 0 Å². The first-order valence-corrected chi connectivity index (χ1v) is 7.34. The summed E-state index contributed by atoms with van der Waals surface area (Å²) in [5.74, 6) is 1.80. The minimum absolute atomic E-state index is 0.560. The Morgan fingerprint density at radius 2 is 1.95 bits per heavy atom. The Kier molecular flexibility index (Phi) is 4.59. The number of fused-ring (bicyclic) bond motifs is 1. The van der Waals surface area contributed by atoms with Crippen LogP contribution in [0.2, 0.25) is 0 Å². The van der Waals surface area contributed by atoms with Crippen molar-refractivity contribution in [3.8, 4) is 0 Å². The van der Waals surface area contributed by atoms with E-state index >= 15 is 0 Å². The van der Waals surface area contributed by atoms with Crippen molar-refractivity contribution in [1.82, 2.24) is 14.9 Å². The molecule has 2 aromatic rings. The fourth-order valence-corrected chi connectivity index (χ4v) is 2.69. The highest BCUT2D eigenvalue weighted by molar-refractivity contribution is 5.75. The number of nitrogens with zero attached hydrogens (tertiary/aromatic N) is 2. The average molecular weight is 259 g/mol. The van der Waals surface area contributed by atoms with E-state index in [1.165, 1.54) is 5.52 Å². The molecule has 2 rings (SSSR count). The molecule has 0 amide bonds. The van der Waals surface area contributed by atoms with Gasteiger partial charge in [-0.05, 0) is 31.4 Å². The van der Waals surface area contributed by atoms with E-state index in [4.69, 9.17) is 4.98 Å². The van der Waals surface area contributed by atoms with Crippen LogP contribution in [0.4, 0.5) is 0 Å². The van der Waals surface area contributed by atoms with Crippen LogP contribution in [0.5, 0.6) is 0 Å². The van der Waals surface area contributed by atoms with E-state index in [1.807, 2.05) is 0 Å². The number of nitrogens with one attached hydrogen (secondary N) is 1. The first-order valence-electron chi connectivity index (χ1n) is 7.34. The molecule has 0 fully saturated rings. The summed E-state index contributed by atoms with van der Waals surface area (Å²) in [5.41, 5.74) is 2.33. The molecule has 0 aliphatic rings. The lowest BCUT2D eigenvalue weighted by Crippen LogP contribution is -2.33. The molecule has 0 bridgehead atoms. The van der Waals surface area contributed by atoms with Gasteiger partial charge in [0.1, 0.15) is 5.82 Å². The summed E-state index contributed by atoms with van der Waals surface area (Å²) < 4.78 is 2.30. The van der Waals surface area contributed by atoms with Crippen molar-refractivity contribution in [2.75, 3.05) is 0 Å². The average Bonchev–Trinajstić information content (AvgIpc) is 2.76. The largest absolute Gasteiger partial charge is 0.327 e. The molecule has 1 atom stereocenters. The topological polar surface area (TPSA) is 29.9 Å². The molecule has 19 heavy (non-hydrogen) atoms. The number of benzene rings is 1. The molecule has 104 valence electrons. The third-order valence-electron chi connectivity index (χ3n) is 3.82. The Labute approximate surface area is 116 Å². The van der Waals surface area contributed by atoms with Crippen molar-refractivity contribution in [3.63, 3.8) is 0 Å². The Hall–Kier alpha value is -1.35. The predicted octanol–water partition coefficient (Wildman–Crippen LogP) is 3.58. The summed E-state index contributed by atoms with van der Waals surface area (Å²) in [5, 5.41) is 3.64. The first-order chi connectivity index (χ1) is 9.17. The van der Waals surface area contributed by atoms with E-state index in [-0.39, 0.29) is 0 Å². The lowest BCUT2D eigenvalue weighted by atomic mass is 10.0. The van der Waals surface area contributed by atoms with E-state index in [1.54, 1.807) is 0 Å². The van der Waals surface area contributed by atoms with Gasteiger partial charge in [0, 0.05) is 12.6 Å². The van der Waals surface area contributed by atoms with Gasteiger partial charge in [0.2, 0.25) is 0 Å². The molecule has 1 heterocycles. The van der Waals surface area contributed by atoms with Crippen LogP contribution >= 0.6 is 0 Å². The molecule has 0 aliphatic heterocycles. The zero-order chi connectivity index (χ0) is 13.8. The number of rotatable bonds is 6. The van der Waals surface area contributed by atoms with E-state index in [2.05, 4.69) is 61.8 Å². The fraction of sp³-hybridized carbons (Fsp3) is 0.562. The van der Waals surface area contributed by atoms with E-state index < -0.39 is 0 Å². The third-order valence-corrected chi connectivity index (χ3v) is 3.82. The molecule has 0 spiro atoms. The van der Waals surface area contributed by atoms with Gasteiger partial charge in [-0.25, -0.2) is 4.98 Å². The number of aromatic nitrogens is 2.